The summed E-state index contributed by atoms with van der Waals surface area (Å²) < 4.78 is 36.0. The van der Waals surface area contributed by atoms with Crippen LogP contribution < -0.4 is 10.6 Å². The lowest BCUT2D eigenvalue weighted by atomic mass is 9.95. The Labute approximate surface area is 489 Å². The zero-order valence-electron chi connectivity index (χ0n) is 50.1. The molecule has 19 atom stereocenters. The molecule has 82 heavy (non-hydrogen) atoms. The first-order valence-corrected chi connectivity index (χ1v) is 32.0. The summed E-state index contributed by atoms with van der Waals surface area (Å²) in [5.41, 5.74) is 0. The molecule has 19 unspecified atom stereocenters. The van der Waals surface area contributed by atoms with Crippen molar-refractivity contribution >= 4 is 11.8 Å². The van der Waals surface area contributed by atoms with E-state index in [0.29, 0.717) is 12.8 Å². The fraction of sp³-hybridized carbons (Fsp3) is 0.967. The maximum atomic E-state index is 13.7. The molecule has 3 heterocycles. The summed E-state index contributed by atoms with van der Waals surface area (Å²) in [6, 6.07) is -3.01. The molecule has 0 aromatic rings. The number of aliphatic hydroxyl groups excluding tert-OH is 12. The first kappa shape index (κ1) is 74.5. The van der Waals surface area contributed by atoms with Gasteiger partial charge in [-0.3, -0.25) is 9.59 Å². The smallest absolute Gasteiger partial charge is 0.249 e. The fourth-order valence-corrected chi connectivity index (χ4v) is 11.3. The number of hydrogen-bond donors (Lipinski definition) is 14. The van der Waals surface area contributed by atoms with E-state index < -0.39 is 155 Å². The van der Waals surface area contributed by atoms with Crippen molar-refractivity contribution in [1.29, 1.82) is 0 Å². The molecule has 3 fully saturated rings. The second kappa shape index (κ2) is 43.8. The van der Waals surface area contributed by atoms with Crippen LogP contribution in [0.15, 0.2) is 0 Å². The van der Waals surface area contributed by atoms with Gasteiger partial charge in [-0.05, 0) is 12.8 Å². The minimum absolute atomic E-state index is 0.122. The van der Waals surface area contributed by atoms with E-state index in [0.717, 1.165) is 64.7 Å². The Morgan fingerprint density at radius 3 is 1.27 bits per heavy atom. The zero-order chi connectivity index (χ0) is 60.2. The SMILES string of the molecule is CCCCCCCCCCCCCCCCCCCCCCC(O)C(=O)NC(COC1OC(CO)C(O)C(OC2OC(CO)C(O)C(O)C2NC(C)=O)C1OC1OC(CO)C(O)C(O)C1O)C(O)C(O)CCCCCCCCCCCC. The van der Waals surface area contributed by atoms with E-state index in [2.05, 4.69) is 24.5 Å². The molecule has 3 saturated heterocycles. The minimum Gasteiger partial charge on any atom is -0.394 e. The Morgan fingerprint density at radius 1 is 0.451 bits per heavy atom. The van der Waals surface area contributed by atoms with Gasteiger partial charge in [0.25, 0.3) is 0 Å². The van der Waals surface area contributed by atoms with Crippen molar-refractivity contribution < 1.29 is 99.3 Å². The second-order valence-electron chi connectivity index (χ2n) is 23.5. The first-order chi connectivity index (χ1) is 39.5. The maximum Gasteiger partial charge on any atom is 0.249 e. The van der Waals surface area contributed by atoms with Crippen LogP contribution in [0.3, 0.4) is 0 Å². The van der Waals surface area contributed by atoms with Crippen LogP contribution in [-0.2, 0) is 38.0 Å². The molecule has 0 aromatic heterocycles. The van der Waals surface area contributed by atoms with Crippen LogP contribution in [0.2, 0.25) is 0 Å². The van der Waals surface area contributed by atoms with Crippen LogP contribution in [-0.4, -0.2) is 216 Å². The lowest BCUT2D eigenvalue weighted by Gasteiger charge is -2.49. The number of carbonyl (C=O) groups is 2. The predicted molar refractivity (Wildman–Crippen MR) is 306 cm³/mol. The van der Waals surface area contributed by atoms with Gasteiger partial charge in [-0.1, -0.05) is 206 Å². The molecule has 484 valence electrons. The molecule has 3 aliphatic rings. The van der Waals surface area contributed by atoms with Crippen molar-refractivity contribution in [3.63, 3.8) is 0 Å². The van der Waals surface area contributed by atoms with Gasteiger partial charge in [0.15, 0.2) is 18.9 Å². The van der Waals surface area contributed by atoms with Crippen LogP contribution in [0.25, 0.3) is 0 Å². The molecular formula is C60H114N2O20. The summed E-state index contributed by atoms with van der Waals surface area (Å²) in [6.07, 6.45) is 5.14. The van der Waals surface area contributed by atoms with Crippen molar-refractivity contribution in [3.05, 3.63) is 0 Å². The summed E-state index contributed by atoms with van der Waals surface area (Å²) in [5.74, 6) is -1.56. The summed E-state index contributed by atoms with van der Waals surface area (Å²) in [7, 11) is 0. The Balaban J connectivity index is 1.72. The van der Waals surface area contributed by atoms with Crippen molar-refractivity contribution in [2.75, 3.05) is 26.4 Å². The Hall–Kier alpha value is -1.78. The summed E-state index contributed by atoms with van der Waals surface area (Å²) in [5, 5.41) is 136. The first-order valence-electron chi connectivity index (χ1n) is 32.0. The van der Waals surface area contributed by atoms with Gasteiger partial charge in [-0.15, -0.1) is 0 Å². The molecule has 0 spiro atoms. The third-order valence-corrected chi connectivity index (χ3v) is 16.5. The molecule has 0 bridgehead atoms. The van der Waals surface area contributed by atoms with Gasteiger partial charge in [0.05, 0.1) is 38.6 Å². The molecule has 2 amide bonds. The Bertz CT molecular complexity index is 1610. The van der Waals surface area contributed by atoms with Gasteiger partial charge in [0, 0.05) is 6.92 Å². The highest BCUT2D eigenvalue weighted by molar-refractivity contribution is 5.80. The zero-order valence-corrected chi connectivity index (χ0v) is 50.1. The summed E-state index contributed by atoms with van der Waals surface area (Å²) in [4.78, 5) is 26.1. The number of amides is 2. The highest BCUT2D eigenvalue weighted by atomic mass is 16.8. The second-order valence-corrected chi connectivity index (χ2v) is 23.5. The van der Waals surface area contributed by atoms with Gasteiger partial charge in [-0.25, -0.2) is 0 Å². The molecule has 3 rings (SSSR count). The number of unbranched alkanes of at least 4 members (excludes halogenated alkanes) is 28. The van der Waals surface area contributed by atoms with Crippen molar-refractivity contribution in [2.45, 2.75) is 343 Å². The number of ether oxygens (including phenoxy) is 6. The number of hydrogen-bond acceptors (Lipinski definition) is 20. The lowest BCUT2D eigenvalue weighted by molar-refractivity contribution is -0.387. The van der Waals surface area contributed by atoms with Crippen LogP contribution >= 0.6 is 0 Å². The number of rotatable bonds is 47. The molecule has 22 nitrogen and oxygen atoms in total. The van der Waals surface area contributed by atoms with Crippen LogP contribution in [0.1, 0.15) is 226 Å². The fourth-order valence-electron chi connectivity index (χ4n) is 11.3. The predicted octanol–water partition coefficient (Wildman–Crippen LogP) is 3.69. The Morgan fingerprint density at radius 2 is 0.829 bits per heavy atom. The lowest BCUT2D eigenvalue weighted by Crippen LogP contribution is -2.69. The maximum absolute atomic E-state index is 13.7. The van der Waals surface area contributed by atoms with Gasteiger partial charge >= 0.3 is 0 Å². The van der Waals surface area contributed by atoms with E-state index in [1.54, 1.807) is 0 Å². The third kappa shape index (κ3) is 27.1. The van der Waals surface area contributed by atoms with E-state index >= 15 is 0 Å². The topological polar surface area (TPSA) is 356 Å². The standard InChI is InChI=1S/C60H114N2O20/c1-4-6-8-10-12-14-16-17-18-19-20-21-22-23-24-25-27-29-31-33-35-43(68)57(76)62-41(48(69)42(67)34-32-30-28-26-15-13-11-9-7-5-2)39-77-60-56(82-59-54(75)53(74)50(71)45(37-64)79-59)55(51(72)46(38-65)80-60)81-58-47(61-40(3)66)52(73)49(70)44(36-63)78-58/h41-56,58-60,63-65,67-75H,4-39H2,1-3H3,(H,61,66)(H,62,76). The molecule has 0 aliphatic carbocycles. The average Bonchev–Trinajstić information content (AvgIpc) is 3.22. The van der Waals surface area contributed by atoms with E-state index in [9.17, 15) is 70.9 Å². The molecule has 0 radical (unpaired) electrons. The van der Waals surface area contributed by atoms with Crippen molar-refractivity contribution in [2.24, 2.45) is 0 Å². The van der Waals surface area contributed by atoms with Gasteiger partial charge in [-0.2, -0.15) is 0 Å². The Kier molecular flexibility index (Phi) is 39.8. The molecule has 22 heteroatoms. The van der Waals surface area contributed by atoms with E-state index in [4.69, 9.17) is 28.4 Å². The van der Waals surface area contributed by atoms with Crippen molar-refractivity contribution in [1.82, 2.24) is 10.6 Å². The summed E-state index contributed by atoms with van der Waals surface area (Å²) in [6.45, 7) is 2.24. The third-order valence-electron chi connectivity index (χ3n) is 16.5. The molecule has 14 N–H and O–H groups in total. The number of carbonyl (C=O) groups excluding carboxylic acids is 2. The number of aliphatic hydroxyl groups is 12. The highest BCUT2D eigenvalue weighted by Crippen LogP contribution is 2.34. The highest BCUT2D eigenvalue weighted by Gasteiger charge is 2.55. The molecule has 0 aromatic carbocycles. The molecular weight excluding hydrogens is 1070 g/mol. The van der Waals surface area contributed by atoms with Crippen LogP contribution in [0.5, 0.6) is 0 Å². The summed E-state index contributed by atoms with van der Waals surface area (Å²) >= 11 is 0. The molecule has 0 saturated carbocycles. The van der Waals surface area contributed by atoms with Gasteiger partial charge in [0.2, 0.25) is 11.8 Å². The van der Waals surface area contributed by atoms with Gasteiger partial charge < -0.3 is 100 Å². The largest absolute Gasteiger partial charge is 0.394 e. The van der Waals surface area contributed by atoms with Crippen LogP contribution in [0.4, 0.5) is 0 Å². The van der Waals surface area contributed by atoms with E-state index in [1.165, 1.54) is 122 Å². The van der Waals surface area contributed by atoms with E-state index in [1.807, 2.05) is 0 Å². The normalized spacial score (nSPS) is 30.2. The quantitative estimate of drug-likeness (QED) is 0.0386. The van der Waals surface area contributed by atoms with Gasteiger partial charge in [0.1, 0.15) is 85.4 Å². The number of nitrogens with one attached hydrogen (secondary N) is 2. The van der Waals surface area contributed by atoms with Crippen LogP contribution in [0, 0.1) is 0 Å². The average molecular weight is 1180 g/mol. The minimum atomic E-state index is -2.03. The van der Waals surface area contributed by atoms with Crippen molar-refractivity contribution in [3.8, 4) is 0 Å². The molecule has 3 aliphatic heterocycles. The monoisotopic (exact) mass is 1180 g/mol. The van der Waals surface area contributed by atoms with E-state index in [-0.39, 0.29) is 12.8 Å².